The number of hydrogen-bond donors (Lipinski definition) is 3. The van der Waals surface area contributed by atoms with E-state index in [0.717, 1.165) is 0 Å². The molecule has 106 valence electrons. The number of carbonyl (C=O) groups is 2. The Hall–Kier alpha value is -2.39. The summed E-state index contributed by atoms with van der Waals surface area (Å²) in [5, 5.41) is 13.4. The van der Waals surface area contributed by atoms with Crippen LogP contribution < -0.4 is 10.6 Å². The molecule has 0 unspecified atom stereocenters. The van der Waals surface area contributed by atoms with E-state index in [-0.39, 0.29) is 31.2 Å². The average molecular weight is 278 g/mol. The number of amides is 2. The molecule has 3 N–H and O–H groups in total. The first-order valence-electron chi connectivity index (χ1n) is 5.92. The molecule has 2 amide bonds. The fourth-order valence-electron chi connectivity index (χ4n) is 1.39. The smallest absolute Gasteiger partial charge is 0.239 e. The molecule has 20 heavy (non-hydrogen) atoms. The van der Waals surface area contributed by atoms with Gasteiger partial charge in [-0.25, -0.2) is 4.39 Å². The zero-order valence-corrected chi connectivity index (χ0v) is 11.0. The first kappa shape index (κ1) is 15.7. The lowest BCUT2D eigenvalue weighted by atomic mass is 10.1. The summed E-state index contributed by atoms with van der Waals surface area (Å²) in [6.07, 6.45) is 0. The van der Waals surface area contributed by atoms with Crippen LogP contribution in [-0.2, 0) is 16.1 Å². The topological polar surface area (TPSA) is 78.4 Å². The molecule has 5 nitrogen and oxygen atoms in total. The van der Waals surface area contributed by atoms with Gasteiger partial charge in [-0.2, -0.15) is 0 Å². The third-order valence-electron chi connectivity index (χ3n) is 2.33. The van der Waals surface area contributed by atoms with Crippen molar-refractivity contribution in [2.24, 2.45) is 0 Å². The fraction of sp³-hybridized carbons (Fsp3) is 0.286. The van der Waals surface area contributed by atoms with E-state index < -0.39 is 11.7 Å². The number of rotatable bonds is 4. The minimum absolute atomic E-state index is 0.00109. The minimum Gasteiger partial charge on any atom is -0.384 e. The summed E-state index contributed by atoms with van der Waals surface area (Å²) in [7, 11) is 0. The van der Waals surface area contributed by atoms with Crippen molar-refractivity contribution in [1.29, 1.82) is 0 Å². The number of nitrogens with one attached hydrogen (secondary N) is 2. The maximum atomic E-state index is 13.5. The number of aliphatic hydroxyl groups excluding tert-OH is 1. The van der Waals surface area contributed by atoms with Crippen LogP contribution in [0.4, 0.5) is 4.39 Å². The maximum absolute atomic E-state index is 13.5. The predicted molar refractivity (Wildman–Crippen MR) is 70.9 cm³/mol. The molecule has 0 spiro atoms. The van der Waals surface area contributed by atoms with Crippen LogP contribution in [0.3, 0.4) is 0 Å². The van der Waals surface area contributed by atoms with Gasteiger partial charge in [0.1, 0.15) is 12.4 Å². The number of carbonyl (C=O) groups excluding carboxylic acids is 2. The van der Waals surface area contributed by atoms with Gasteiger partial charge in [-0.15, -0.1) is 0 Å². The highest BCUT2D eigenvalue weighted by Crippen LogP contribution is 2.09. The molecule has 0 saturated heterocycles. The highest BCUT2D eigenvalue weighted by Gasteiger charge is 2.06. The molecule has 0 bridgehead atoms. The Bertz CT molecular complexity index is 561. The molecule has 0 heterocycles. The molecule has 0 aromatic heterocycles. The van der Waals surface area contributed by atoms with Crippen molar-refractivity contribution in [3.05, 3.63) is 35.1 Å². The number of aliphatic hydroxyl groups is 1. The Morgan fingerprint density at radius 1 is 1.35 bits per heavy atom. The summed E-state index contributed by atoms with van der Waals surface area (Å²) >= 11 is 0. The number of benzene rings is 1. The Labute approximate surface area is 116 Å². The highest BCUT2D eigenvalue weighted by atomic mass is 19.1. The van der Waals surface area contributed by atoms with Crippen molar-refractivity contribution in [1.82, 2.24) is 10.6 Å². The minimum atomic E-state index is -0.459. The molecular formula is C14H15FN2O3. The van der Waals surface area contributed by atoms with Gasteiger partial charge in [0, 0.05) is 24.6 Å². The van der Waals surface area contributed by atoms with E-state index >= 15 is 0 Å². The summed E-state index contributed by atoms with van der Waals surface area (Å²) in [5.74, 6) is 3.93. The van der Waals surface area contributed by atoms with Gasteiger partial charge in [-0.3, -0.25) is 9.59 Å². The van der Waals surface area contributed by atoms with Gasteiger partial charge in [0.05, 0.1) is 6.54 Å². The van der Waals surface area contributed by atoms with Gasteiger partial charge in [-0.05, 0) is 18.2 Å². The zero-order chi connectivity index (χ0) is 15.0. The van der Waals surface area contributed by atoms with E-state index in [1.165, 1.54) is 25.1 Å². The molecule has 0 radical (unpaired) electrons. The van der Waals surface area contributed by atoms with Gasteiger partial charge >= 0.3 is 0 Å². The molecule has 0 aliphatic rings. The molecule has 0 aliphatic carbocycles. The Morgan fingerprint density at radius 3 is 2.75 bits per heavy atom. The molecule has 1 aromatic rings. The van der Waals surface area contributed by atoms with E-state index in [9.17, 15) is 14.0 Å². The molecule has 1 aromatic carbocycles. The zero-order valence-electron chi connectivity index (χ0n) is 11.0. The van der Waals surface area contributed by atoms with Crippen molar-refractivity contribution in [3.63, 3.8) is 0 Å². The van der Waals surface area contributed by atoms with Crippen molar-refractivity contribution in [2.45, 2.75) is 13.5 Å². The van der Waals surface area contributed by atoms with E-state index in [1.54, 1.807) is 0 Å². The van der Waals surface area contributed by atoms with Crippen LogP contribution in [0.1, 0.15) is 18.1 Å². The summed E-state index contributed by atoms with van der Waals surface area (Å²) in [6, 6.07) is 4.23. The van der Waals surface area contributed by atoms with Crippen LogP contribution in [0.15, 0.2) is 18.2 Å². The van der Waals surface area contributed by atoms with Gasteiger partial charge in [0.25, 0.3) is 0 Å². The molecule has 0 atom stereocenters. The summed E-state index contributed by atoms with van der Waals surface area (Å²) in [4.78, 5) is 22.0. The van der Waals surface area contributed by atoms with Crippen molar-refractivity contribution in [2.75, 3.05) is 13.2 Å². The normalized spacial score (nSPS) is 9.35. The lowest BCUT2D eigenvalue weighted by Crippen LogP contribution is -2.35. The summed E-state index contributed by atoms with van der Waals surface area (Å²) in [5.41, 5.74) is 0.831. The first-order chi connectivity index (χ1) is 9.52. The van der Waals surface area contributed by atoms with Gasteiger partial charge in [-0.1, -0.05) is 11.8 Å². The van der Waals surface area contributed by atoms with Crippen molar-refractivity contribution < 1.29 is 19.1 Å². The molecule has 6 heteroatoms. The molecular weight excluding hydrogens is 263 g/mol. The van der Waals surface area contributed by atoms with E-state index in [2.05, 4.69) is 22.5 Å². The summed E-state index contributed by atoms with van der Waals surface area (Å²) in [6.45, 7) is 0.871. The second-order valence-electron chi connectivity index (χ2n) is 3.95. The molecule has 0 fully saturated rings. The Morgan fingerprint density at radius 2 is 2.10 bits per heavy atom. The monoisotopic (exact) mass is 278 g/mol. The van der Waals surface area contributed by atoms with Crippen LogP contribution in [0.2, 0.25) is 0 Å². The summed E-state index contributed by atoms with van der Waals surface area (Å²) < 4.78 is 13.5. The van der Waals surface area contributed by atoms with Crippen LogP contribution in [0.25, 0.3) is 0 Å². The third kappa shape index (κ3) is 5.50. The lowest BCUT2D eigenvalue weighted by Gasteiger charge is -2.07. The van der Waals surface area contributed by atoms with Crippen LogP contribution in [0.5, 0.6) is 0 Å². The van der Waals surface area contributed by atoms with Gasteiger partial charge in [0.2, 0.25) is 11.8 Å². The van der Waals surface area contributed by atoms with E-state index in [4.69, 9.17) is 5.11 Å². The van der Waals surface area contributed by atoms with Gasteiger partial charge in [0.15, 0.2) is 0 Å². The second kappa shape index (κ2) is 7.92. The maximum Gasteiger partial charge on any atom is 0.239 e. The lowest BCUT2D eigenvalue weighted by molar-refractivity contribution is -0.125. The standard InChI is InChI=1S/C14H15FN2O3/c1-10(19)16-9-14(20)17-8-12-7-11(3-2-6-18)4-5-13(12)15/h4-5,7,18H,6,8-9H2,1H3,(H,16,19)(H,17,20). The number of halogens is 1. The Kier molecular flexibility index (Phi) is 6.20. The largest absolute Gasteiger partial charge is 0.384 e. The van der Waals surface area contributed by atoms with Crippen LogP contribution in [-0.4, -0.2) is 30.1 Å². The highest BCUT2D eigenvalue weighted by molar-refractivity contribution is 5.83. The molecule has 0 saturated carbocycles. The fourth-order valence-corrected chi connectivity index (χ4v) is 1.39. The molecule has 0 aliphatic heterocycles. The first-order valence-corrected chi connectivity index (χ1v) is 5.92. The van der Waals surface area contributed by atoms with Crippen molar-refractivity contribution >= 4 is 11.8 Å². The van der Waals surface area contributed by atoms with Crippen LogP contribution in [0, 0.1) is 17.7 Å². The Balaban J connectivity index is 2.62. The predicted octanol–water partition coefficient (Wildman–Crippen LogP) is -0.0782. The van der Waals surface area contributed by atoms with E-state index in [1.807, 2.05) is 0 Å². The third-order valence-corrected chi connectivity index (χ3v) is 2.33. The van der Waals surface area contributed by atoms with Crippen LogP contribution >= 0.6 is 0 Å². The SMILES string of the molecule is CC(=O)NCC(=O)NCc1cc(C#CCO)ccc1F. The quantitative estimate of drug-likeness (QED) is 0.674. The van der Waals surface area contributed by atoms with Crippen molar-refractivity contribution in [3.8, 4) is 11.8 Å². The van der Waals surface area contributed by atoms with E-state index in [0.29, 0.717) is 5.56 Å². The number of hydrogen-bond acceptors (Lipinski definition) is 3. The second-order valence-corrected chi connectivity index (χ2v) is 3.95. The van der Waals surface area contributed by atoms with Gasteiger partial charge < -0.3 is 15.7 Å². The average Bonchev–Trinajstić information content (AvgIpc) is 2.42. The molecule has 1 rings (SSSR count).